The molecule has 0 aliphatic heterocycles. The fraction of sp³-hybridized carbons (Fsp3) is 0.278. The van der Waals surface area contributed by atoms with Crippen molar-refractivity contribution in [3.63, 3.8) is 0 Å². The van der Waals surface area contributed by atoms with Crippen LogP contribution >= 0.6 is 11.6 Å². The van der Waals surface area contributed by atoms with E-state index < -0.39 is 0 Å². The Balaban J connectivity index is 1.95. The molecule has 0 heterocycles. The van der Waals surface area contributed by atoms with Crippen molar-refractivity contribution in [1.29, 1.82) is 0 Å². The predicted molar refractivity (Wildman–Crippen MR) is 90.8 cm³/mol. The molecule has 5 heteroatoms. The van der Waals surface area contributed by atoms with Crippen LogP contribution in [0.3, 0.4) is 0 Å². The highest BCUT2D eigenvalue weighted by atomic mass is 35.5. The van der Waals surface area contributed by atoms with E-state index in [2.05, 4.69) is 10.6 Å². The monoisotopic (exact) mass is 334 g/mol. The third kappa shape index (κ3) is 5.25. The molecule has 0 spiro atoms. The Morgan fingerprint density at radius 3 is 2.26 bits per heavy atom. The average Bonchev–Trinajstić information content (AvgIpc) is 2.53. The van der Waals surface area contributed by atoms with Gasteiger partial charge in [-0.2, -0.15) is 0 Å². The molecule has 1 unspecified atom stereocenters. The summed E-state index contributed by atoms with van der Waals surface area (Å²) < 4.78 is 12.9. The molecule has 2 aromatic carbocycles. The molecular weight excluding hydrogens is 315 g/mol. The van der Waals surface area contributed by atoms with Gasteiger partial charge in [-0.25, -0.2) is 9.18 Å². The highest BCUT2D eigenvalue weighted by Gasteiger charge is 2.18. The molecule has 3 nitrogen and oxygen atoms in total. The van der Waals surface area contributed by atoms with Gasteiger partial charge in [0.25, 0.3) is 0 Å². The molecule has 0 bridgehead atoms. The van der Waals surface area contributed by atoms with Crippen molar-refractivity contribution < 1.29 is 9.18 Å². The van der Waals surface area contributed by atoms with Gasteiger partial charge in [0.2, 0.25) is 0 Å². The minimum Gasteiger partial charge on any atom is -0.334 e. The zero-order valence-corrected chi connectivity index (χ0v) is 13.9. The van der Waals surface area contributed by atoms with Crippen LogP contribution < -0.4 is 10.6 Å². The molecule has 0 aliphatic carbocycles. The third-order valence-corrected chi connectivity index (χ3v) is 3.80. The van der Waals surface area contributed by atoms with Gasteiger partial charge in [0.15, 0.2) is 0 Å². The van der Waals surface area contributed by atoms with Gasteiger partial charge < -0.3 is 10.6 Å². The number of benzene rings is 2. The number of nitrogens with one attached hydrogen (secondary N) is 2. The molecule has 0 saturated heterocycles. The van der Waals surface area contributed by atoms with Gasteiger partial charge in [-0.15, -0.1) is 0 Å². The second-order valence-electron chi connectivity index (χ2n) is 5.73. The number of amides is 2. The van der Waals surface area contributed by atoms with Gasteiger partial charge >= 0.3 is 6.03 Å². The maximum atomic E-state index is 12.9. The highest BCUT2D eigenvalue weighted by molar-refractivity contribution is 6.30. The molecule has 0 aromatic heterocycles. The van der Waals surface area contributed by atoms with Gasteiger partial charge in [0, 0.05) is 11.6 Å². The molecule has 2 amide bonds. The lowest BCUT2D eigenvalue weighted by molar-refractivity contribution is 0.232. The van der Waals surface area contributed by atoms with Gasteiger partial charge in [0.1, 0.15) is 5.82 Å². The molecule has 0 fully saturated rings. The van der Waals surface area contributed by atoms with Gasteiger partial charge in [0.05, 0.1) is 6.04 Å². The standard InChI is InChI=1S/C18H20ClFN2O/c1-12(2)17(14-5-7-15(19)8-6-14)22-18(23)21-11-13-3-9-16(20)10-4-13/h3-10,12,17H,11H2,1-2H3,(H2,21,22,23). The Labute approximate surface area is 140 Å². The van der Waals surface area contributed by atoms with Crippen molar-refractivity contribution in [2.24, 2.45) is 5.92 Å². The SMILES string of the molecule is CC(C)C(NC(=O)NCc1ccc(F)cc1)c1ccc(Cl)cc1. The summed E-state index contributed by atoms with van der Waals surface area (Å²) >= 11 is 5.90. The van der Waals surface area contributed by atoms with Crippen molar-refractivity contribution >= 4 is 17.6 Å². The fourth-order valence-electron chi connectivity index (χ4n) is 2.28. The smallest absolute Gasteiger partial charge is 0.315 e. The fourth-order valence-corrected chi connectivity index (χ4v) is 2.41. The third-order valence-electron chi connectivity index (χ3n) is 3.55. The number of urea groups is 1. The van der Waals surface area contributed by atoms with E-state index in [4.69, 9.17) is 11.6 Å². The summed E-state index contributed by atoms with van der Waals surface area (Å²) in [5, 5.41) is 6.42. The lowest BCUT2D eigenvalue weighted by Crippen LogP contribution is -2.39. The van der Waals surface area contributed by atoms with E-state index in [0.29, 0.717) is 11.6 Å². The molecule has 23 heavy (non-hydrogen) atoms. The average molecular weight is 335 g/mol. The summed E-state index contributed by atoms with van der Waals surface area (Å²) in [7, 11) is 0. The number of hydrogen-bond acceptors (Lipinski definition) is 1. The molecule has 2 rings (SSSR count). The predicted octanol–water partition coefficient (Wildman–Crippen LogP) is 4.68. The maximum Gasteiger partial charge on any atom is 0.315 e. The van der Waals surface area contributed by atoms with E-state index in [1.165, 1.54) is 12.1 Å². The van der Waals surface area contributed by atoms with Crippen LogP contribution in [0.1, 0.15) is 31.0 Å². The number of rotatable bonds is 5. The highest BCUT2D eigenvalue weighted by Crippen LogP contribution is 2.23. The summed E-state index contributed by atoms with van der Waals surface area (Å²) in [6.07, 6.45) is 0. The van der Waals surface area contributed by atoms with Crippen LogP contribution in [-0.2, 0) is 6.54 Å². The van der Waals surface area contributed by atoms with Crippen molar-refractivity contribution in [1.82, 2.24) is 10.6 Å². The van der Waals surface area contributed by atoms with Gasteiger partial charge in [-0.1, -0.05) is 49.7 Å². The summed E-state index contributed by atoms with van der Waals surface area (Å²) in [6.45, 7) is 4.43. The zero-order valence-electron chi connectivity index (χ0n) is 13.1. The Hall–Kier alpha value is -2.07. The van der Waals surface area contributed by atoms with Gasteiger partial charge in [-0.05, 0) is 41.3 Å². The summed E-state index contributed by atoms with van der Waals surface area (Å²) in [4.78, 5) is 12.1. The Morgan fingerprint density at radius 1 is 1.09 bits per heavy atom. The first-order valence-corrected chi connectivity index (χ1v) is 7.88. The van der Waals surface area contributed by atoms with Crippen LogP contribution in [0, 0.1) is 11.7 Å². The first kappa shape index (κ1) is 17.3. The van der Waals surface area contributed by atoms with Crippen LogP contribution in [0.5, 0.6) is 0 Å². The molecule has 0 radical (unpaired) electrons. The van der Waals surface area contributed by atoms with E-state index in [-0.39, 0.29) is 23.8 Å². The Kier molecular flexibility index (Phi) is 5.99. The zero-order chi connectivity index (χ0) is 16.8. The molecule has 1 atom stereocenters. The number of hydrogen-bond donors (Lipinski definition) is 2. The van der Waals surface area contributed by atoms with Crippen LogP contribution in [0.15, 0.2) is 48.5 Å². The second kappa shape index (κ2) is 7.97. The molecule has 0 saturated carbocycles. The first-order valence-electron chi connectivity index (χ1n) is 7.50. The lowest BCUT2D eigenvalue weighted by Gasteiger charge is -2.23. The van der Waals surface area contributed by atoms with E-state index in [1.807, 2.05) is 38.1 Å². The van der Waals surface area contributed by atoms with Crippen LogP contribution in [0.25, 0.3) is 0 Å². The van der Waals surface area contributed by atoms with E-state index in [0.717, 1.165) is 11.1 Å². The quantitative estimate of drug-likeness (QED) is 0.819. The van der Waals surface area contributed by atoms with Crippen molar-refractivity contribution in [2.45, 2.75) is 26.4 Å². The molecule has 0 aliphatic rings. The lowest BCUT2D eigenvalue weighted by atomic mass is 9.96. The molecule has 122 valence electrons. The Bertz CT molecular complexity index is 641. The maximum absolute atomic E-state index is 12.9. The number of carbonyl (C=O) groups is 1. The van der Waals surface area contributed by atoms with E-state index >= 15 is 0 Å². The van der Waals surface area contributed by atoms with E-state index in [1.54, 1.807) is 12.1 Å². The van der Waals surface area contributed by atoms with Crippen molar-refractivity contribution in [3.05, 3.63) is 70.5 Å². The first-order chi connectivity index (χ1) is 11.0. The molecule has 2 N–H and O–H groups in total. The van der Waals surface area contributed by atoms with E-state index in [9.17, 15) is 9.18 Å². The topological polar surface area (TPSA) is 41.1 Å². The van der Waals surface area contributed by atoms with Gasteiger partial charge in [-0.3, -0.25) is 0 Å². The molecular formula is C18H20ClFN2O. The minimum atomic E-state index is -0.291. The van der Waals surface area contributed by atoms with Crippen LogP contribution in [0.4, 0.5) is 9.18 Å². The van der Waals surface area contributed by atoms with Crippen molar-refractivity contribution in [2.75, 3.05) is 0 Å². The van der Waals surface area contributed by atoms with Crippen LogP contribution in [0.2, 0.25) is 5.02 Å². The second-order valence-corrected chi connectivity index (χ2v) is 6.16. The number of halogens is 2. The normalized spacial score (nSPS) is 12.0. The Morgan fingerprint density at radius 2 is 1.70 bits per heavy atom. The van der Waals surface area contributed by atoms with Crippen LogP contribution in [-0.4, -0.2) is 6.03 Å². The minimum absolute atomic E-state index is 0.111. The van der Waals surface area contributed by atoms with Crippen molar-refractivity contribution in [3.8, 4) is 0 Å². The number of carbonyl (C=O) groups excluding carboxylic acids is 1. The largest absolute Gasteiger partial charge is 0.334 e. The molecule has 2 aromatic rings. The summed E-state index contributed by atoms with van der Waals surface area (Å²) in [5.74, 6) is -0.0615. The summed E-state index contributed by atoms with van der Waals surface area (Å²) in [6, 6.07) is 13.1. The summed E-state index contributed by atoms with van der Waals surface area (Å²) in [5.41, 5.74) is 1.84.